The molecule has 1 aliphatic heterocycles. The Labute approximate surface area is 134 Å². The quantitative estimate of drug-likeness (QED) is 0.799. The number of hydrogen-bond acceptors (Lipinski definition) is 3. The number of nitriles is 1. The number of rotatable bonds is 3. The SMILES string of the molecule is CCC(C)=Cc1ccc(B2OC(C)(C)C(C)(C)O2)cc1C#N. The van der Waals surface area contributed by atoms with Crippen molar-refractivity contribution in [3.8, 4) is 6.07 Å². The highest BCUT2D eigenvalue weighted by Crippen LogP contribution is 2.36. The topological polar surface area (TPSA) is 42.2 Å². The summed E-state index contributed by atoms with van der Waals surface area (Å²) in [5.41, 5.74) is 2.99. The van der Waals surface area contributed by atoms with Crippen LogP contribution in [0.15, 0.2) is 23.8 Å². The molecular weight excluding hydrogens is 273 g/mol. The molecule has 0 bridgehead atoms. The second-order valence-corrected chi connectivity index (χ2v) is 6.89. The number of nitrogens with zero attached hydrogens (tertiary/aromatic N) is 1. The van der Waals surface area contributed by atoms with Crippen molar-refractivity contribution in [3.05, 3.63) is 34.9 Å². The van der Waals surface area contributed by atoms with Gasteiger partial charge in [0.1, 0.15) is 0 Å². The van der Waals surface area contributed by atoms with Crippen molar-refractivity contribution in [1.82, 2.24) is 0 Å². The largest absolute Gasteiger partial charge is 0.494 e. The van der Waals surface area contributed by atoms with Gasteiger partial charge in [-0.25, -0.2) is 0 Å². The molecule has 0 unspecified atom stereocenters. The predicted octanol–water partition coefficient (Wildman–Crippen LogP) is 3.67. The smallest absolute Gasteiger partial charge is 0.399 e. The number of hydrogen-bond donors (Lipinski definition) is 0. The zero-order chi connectivity index (χ0) is 16.5. The van der Waals surface area contributed by atoms with Crippen LogP contribution < -0.4 is 5.46 Å². The molecule has 0 N–H and O–H groups in total. The molecule has 1 heterocycles. The first-order valence-electron chi connectivity index (χ1n) is 7.77. The Morgan fingerprint density at radius 1 is 1.23 bits per heavy atom. The molecule has 1 saturated heterocycles. The van der Waals surface area contributed by atoms with E-state index < -0.39 is 7.12 Å². The standard InChI is InChI=1S/C18H24BNO2/c1-7-13(2)10-14-8-9-16(11-15(14)12-20)19-21-17(3,4)18(5,6)22-19/h8-11H,7H2,1-6H3. The summed E-state index contributed by atoms with van der Waals surface area (Å²) in [4.78, 5) is 0. The van der Waals surface area contributed by atoms with Crippen molar-refractivity contribution in [2.75, 3.05) is 0 Å². The molecule has 1 aliphatic rings. The van der Waals surface area contributed by atoms with Crippen LogP contribution in [0, 0.1) is 11.3 Å². The van der Waals surface area contributed by atoms with Crippen molar-refractivity contribution in [3.63, 3.8) is 0 Å². The summed E-state index contributed by atoms with van der Waals surface area (Å²) in [6.45, 7) is 12.3. The normalized spacial score (nSPS) is 20.0. The van der Waals surface area contributed by atoms with E-state index >= 15 is 0 Å². The molecule has 1 aromatic rings. The lowest BCUT2D eigenvalue weighted by Crippen LogP contribution is -2.41. The van der Waals surface area contributed by atoms with Crippen LogP contribution in [0.2, 0.25) is 0 Å². The molecule has 0 amide bonds. The molecule has 4 heteroatoms. The highest BCUT2D eigenvalue weighted by molar-refractivity contribution is 6.62. The Bertz CT molecular complexity index is 625. The third-order valence-corrected chi connectivity index (χ3v) is 4.68. The maximum Gasteiger partial charge on any atom is 0.494 e. The van der Waals surface area contributed by atoms with E-state index in [1.807, 2.05) is 45.9 Å². The molecular formula is C18H24BNO2. The van der Waals surface area contributed by atoms with Crippen LogP contribution in [0.4, 0.5) is 0 Å². The Balaban J connectivity index is 2.34. The van der Waals surface area contributed by atoms with Crippen LogP contribution in [-0.4, -0.2) is 18.3 Å². The summed E-state index contributed by atoms with van der Waals surface area (Å²) in [7, 11) is -0.428. The van der Waals surface area contributed by atoms with E-state index in [0.29, 0.717) is 5.56 Å². The zero-order valence-electron chi connectivity index (χ0n) is 14.4. The Morgan fingerprint density at radius 3 is 2.32 bits per heavy atom. The van der Waals surface area contributed by atoms with Gasteiger partial charge in [-0.2, -0.15) is 5.26 Å². The lowest BCUT2D eigenvalue weighted by molar-refractivity contribution is 0.00578. The molecule has 0 atom stereocenters. The van der Waals surface area contributed by atoms with Gasteiger partial charge in [0.25, 0.3) is 0 Å². The second-order valence-electron chi connectivity index (χ2n) is 6.89. The minimum absolute atomic E-state index is 0.373. The molecule has 1 aromatic carbocycles. The average molecular weight is 297 g/mol. The second kappa shape index (κ2) is 5.91. The van der Waals surface area contributed by atoms with E-state index in [9.17, 15) is 5.26 Å². The molecule has 2 rings (SSSR count). The van der Waals surface area contributed by atoms with E-state index in [2.05, 4.69) is 26.0 Å². The molecule has 1 fully saturated rings. The number of allylic oxidation sites excluding steroid dienone is 1. The molecule has 0 aromatic heterocycles. The summed E-state index contributed by atoms with van der Waals surface area (Å²) in [6.07, 6.45) is 3.04. The minimum Gasteiger partial charge on any atom is -0.399 e. The van der Waals surface area contributed by atoms with Gasteiger partial charge in [-0.15, -0.1) is 0 Å². The van der Waals surface area contributed by atoms with E-state index in [0.717, 1.165) is 17.4 Å². The lowest BCUT2D eigenvalue weighted by Gasteiger charge is -2.32. The zero-order valence-corrected chi connectivity index (χ0v) is 14.4. The maximum atomic E-state index is 9.42. The summed E-state index contributed by atoms with van der Waals surface area (Å²) in [6, 6.07) is 8.10. The molecule has 0 spiro atoms. The predicted molar refractivity (Wildman–Crippen MR) is 90.8 cm³/mol. The van der Waals surface area contributed by atoms with Crippen LogP contribution in [0.3, 0.4) is 0 Å². The van der Waals surface area contributed by atoms with Crippen LogP contribution in [0.1, 0.15) is 59.1 Å². The van der Waals surface area contributed by atoms with Gasteiger partial charge < -0.3 is 9.31 Å². The van der Waals surface area contributed by atoms with Gasteiger partial charge in [0.15, 0.2) is 0 Å². The molecule has 116 valence electrons. The fourth-order valence-corrected chi connectivity index (χ4v) is 2.29. The van der Waals surface area contributed by atoms with Gasteiger partial charge in [0.2, 0.25) is 0 Å². The molecule has 0 saturated carbocycles. The highest BCUT2D eigenvalue weighted by atomic mass is 16.7. The molecule has 0 radical (unpaired) electrons. The van der Waals surface area contributed by atoms with Crippen molar-refractivity contribution in [2.24, 2.45) is 0 Å². The summed E-state index contributed by atoms with van der Waals surface area (Å²) >= 11 is 0. The monoisotopic (exact) mass is 297 g/mol. The van der Waals surface area contributed by atoms with Gasteiger partial charge in [-0.05, 0) is 58.1 Å². The highest BCUT2D eigenvalue weighted by Gasteiger charge is 2.51. The van der Waals surface area contributed by atoms with Crippen molar-refractivity contribution in [2.45, 2.75) is 59.2 Å². The van der Waals surface area contributed by atoms with Gasteiger partial charge in [-0.3, -0.25) is 0 Å². The van der Waals surface area contributed by atoms with E-state index in [1.165, 1.54) is 5.57 Å². The fourth-order valence-electron chi connectivity index (χ4n) is 2.29. The van der Waals surface area contributed by atoms with Gasteiger partial charge in [0.05, 0.1) is 22.8 Å². The van der Waals surface area contributed by atoms with Crippen molar-refractivity contribution in [1.29, 1.82) is 5.26 Å². The van der Waals surface area contributed by atoms with Gasteiger partial charge in [-0.1, -0.05) is 30.7 Å². The Morgan fingerprint density at radius 2 is 1.82 bits per heavy atom. The maximum absolute atomic E-state index is 9.42. The lowest BCUT2D eigenvalue weighted by atomic mass is 9.77. The molecule has 0 aliphatic carbocycles. The van der Waals surface area contributed by atoms with Crippen LogP contribution in [-0.2, 0) is 9.31 Å². The van der Waals surface area contributed by atoms with E-state index in [4.69, 9.17) is 9.31 Å². The Kier molecular flexibility index (Phi) is 4.51. The summed E-state index contributed by atoms with van der Waals surface area (Å²) in [5.74, 6) is 0. The third-order valence-electron chi connectivity index (χ3n) is 4.68. The molecule has 22 heavy (non-hydrogen) atoms. The van der Waals surface area contributed by atoms with Crippen molar-refractivity contribution < 1.29 is 9.31 Å². The first kappa shape index (κ1) is 16.8. The first-order chi connectivity index (χ1) is 10.2. The fraction of sp³-hybridized carbons (Fsp3) is 0.500. The van der Waals surface area contributed by atoms with Gasteiger partial charge in [0, 0.05) is 0 Å². The first-order valence-corrected chi connectivity index (χ1v) is 7.77. The van der Waals surface area contributed by atoms with E-state index in [1.54, 1.807) is 0 Å². The average Bonchev–Trinajstić information content (AvgIpc) is 2.67. The van der Waals surface area contributed by atoms with Crippen LogP contribution >= 0.6 is 0 Å². The van der Waals surface area contributed by atoms with Crippen molar-refractivity contribution >= 4 is 18.7 Å². The number of benzene rings is 1. The van der Waals surface area contributed by atoms with E-state index in [-0.39, 0.29) is 11.2 Å². The van der Waals surface area contributed by atoms with Crippen LogP contribution in [0.5, 0.6) is 0 Å². The Hall–Kier alpha value is -1.57. The summed E-state index contributed by atoms with van der Waals surface area (Å²) < 4.78 is 12.1. The minimum atomic E-state index is -0.428. The van der Waals surface area contributed by atoms with Crippen LogP contribution in [0.25, 0.3) is 6.08 Å². The molecule has 3 nitrogen and oxygen atoms in total. The summed E-state index contributed by atoms with van der Waals surface area (Å²) in [5, 5.41) is 9.42. The third kappa shape index (κ3) is 3.11. The van der Waals surface area contributed by atoms with Gasteiger partial charge >= 0.3 is 7.12 Å².